The molecule has 1 aliphatic heterocycles. The van der Waals surface area contributed by atoms with Gasteiger partial charge in [0.1, 0.15) is 0 Å². The molecule has 0 saturated carbocycles. The zero-order chi connectivity index (χ0) is 13.3. The number of aryl methyl sites for hydroxylation is 1. The lowest BCUT2D eigenvalue weighted by molar-refractivity contribution is 0.192. The second-order valence-corrected chi connectivity index (χ2v) is 7.15. The van der Waals surface area contributed by atoms with Crippen molar-refractivity contribution in [2.45, 2.75) is 18.5 Å². The average molecular weight is 272 g/mol. The van der Waals surface area contributed by atoms with E-state index in [9.17, 15) is 8.42 Å². The number of hydrogen-bond donors (Lipinski definition) is 1. The van der Waals surface area contributed by atoms with Crippen molar-refractivity contribution in [3.05, 3.63) is 18.0 Å². The van der Waals surface area contributed by atoms with Crippen molar-refractivity contribution in [2.24, 2.45) is 12.8 Å². The van der Waals surface area contributed by atoms with Crippen LogP contribution >= 0.6 is 0 Å². The van der Waals surface area contributed by atoms with E-state index in [-0.39, 0.29) is 23.6 Å². The van der Waals surface area contributed by atoms with Crippen LogP contribution in [0.3, 0.4) is 0 Å². The van der Waals surface area contributed by atoms with Crippen LogP contribution < -0.4 is 5.73 Å². The van der Waals surface area contributed by atoms with Gasteiger partial charge in [-0.25, -0.2) is 8.42 Å². The number of rotatable bonds is 4. The molecule has 0 radical (unpaired) electrons. The first-order valence-corrected chi connectivity index (χ1v) is 7.86. The van der Waals surface area contributed by atoms with Crippen LogP contribution in [0.1, 0.15) is 18.0 Å². The third-order valence-corrected chi connectivity index (χ3v) is 5.36. The molecule has 1 fully saturated rings. The third-order valence-electron chi connectivity index (χ3n) is 3.61. The van der Waals surface area contributed by atoms with Gasteiger partial charge < -0.3 is 5.73 Å². The molecule has 1 aliphatic rings. The fraction of sp³-hybridized carbons (Fsp3) is 0.727. The highest BCUT2D eigenvalue weighted by Gasteiger charge is 2.33. The molecule has 0 aliphatic carbocycles. The van der Waals surface area contributed by atoms with E-state index in [4.69, 9.17) is 5.73 Å². The van der Waals surface area contributed by atoms with E-state index >= 15 is 0 Å². The monoisotopic (exact) mass is 272 g/mol. The van der Waals surface area contributed by atoms with Crippen molar-refractivity contribution < 1.29 is 8.42 Å². The van der Waals surface area contributed by atoms with Crippen molar-refractivity contribution in [1.82, 2.24) is 14.7 Å². The Labute approximate surface area is 108 Å². The van der Waals surface area contributed by atoms with E-state index in [1.165, 1.54) is 0 Å². The van der Waals surface area contributed by atoms with Gasteiger partial charge in [0, 0.05) is 31.4 Å². The summed E-state index contributed by atoms with van der Waals surface area (Å²) >= 11 is 0. The Balaban J connectivity index is 2.13. The van der Waals surface area contributed by atoms with Crippen LogP contribution in [0, 0.1) is 0 Å². The second kappa shape index (κ2) is 4.99. The second-order valence-electron chi connectivity index (χ2n) is 4.92. The van der Waals surface area contributed by atoms with Gasteiger partial charge in [-0.05, 0) is 13.5 Å². The molecule has 102 valence electrons. The summed E-state index contributed by atoms with van der Waals surface area (Å²) in [6.07, 6.45) is 4.41. The summed E-state index contributed by atoms with van der Waals surface area (Å²) in [4.78, 5) is 2.07. The minimum atomic E-state index is -2.86. The maximum atomic E-state index is 11.5. The minimum Gasteiger partial charge on any atom is -0.329 e. The molecule has 2 heterocycles. The van der Waals surface area contributed by atoms with Gasteiger partial charge in [0.05, 0.1) is 23.7 Å². The number of nitrogens with two attached hydrogens (primary N) is 1. The maximum Gasteiger partial charge on any atom is 0.151 e. The molecule has 7 heteroatoms. The van der Waals surface area contributed by atoms with Gasteiger partial charge in [-0.15, -0.1) is 0 Å². The van der Waals surface area contributed by atoms with Crippen molar-refractivity contribution in [3.63, 3.8) is 0 Å². The fourth-order valence-electron chi connectivity index (χ4n) is 2.50. The first-order chi connectivity index (χ1) is 8.43. The van der Waals surface area contributed by atoms with Gasteiger partial charge >= 0.3 is 0 Å². The third kappa shape index (κ3) is 2.73. The predicted molar refractivity (Wildman–Crippen MR) is 69.8 cm³/mol. The van der Waals surface area contributed by atoms with Crippen LogP contribution in [0.5, 0.6) is 0 Å². The topological polar surface area (TPSA) is 81.2 Å². The molecule has 2 rings (SSSR count). The number of aromatic nitrogens is 2. The predicted octanol–water partition coefficient (Wildman–Crippen LogP) is -0.461. The fourth-order valence-corrected chi connectivity index (χ4v) is 4.29. The largest absolute Gasteiger partial charge is 0.329 e. The summed E-state index contributed by atoms with van der Waals surface area (Å²) in [5.41, 5.74) is 6.86. The maximum absolute atomic E-state index is 11.5. The molecule has 0 aromatic carbocycles. The van der Waals surface area contributed by atoms with Gasteiger partial charge in [0.2, 0.25) is 0 Å². The van der Waals surface area contributed by atoms with Crippen molar-refractivity contribution in [3.8, 4) is 0 Å². The van der Waals surface area contributed by atoms with Crippen LogP contribution in [-0.2, 0) is 16.9 Å². The Morgan fingerprint density at radius 3 is 2.83 bits per heavy atom. The highest BCUT2D eigenvalue weighted by Crippen LogP contribution is 2.25. The molecule has 2 N–H and O–H groups in total. The number of nitrogens with zero attached hydrogens (tertiary/aromatic N) is 3. The number of sulfone groups is 1. The Kier molecular flexibility index (Phi) is 3.74. The van der Waals surface area contributed by atoms with Crippen LogP contribution in [0.15, 0.2) is 12.4 Å². The molecule has 1 aromatic rings. The molecule has 0 spiro atoms. The SMILES string of the molecule is CN(C1CCS(=O)(=O)C1)C(CN)c1cnn(C)c1. The lowest BCUT2D eigenvalue weighted by Gasteiger charge is -2.31. The van der Waals surface area contributed by atoms with Crippen LogP contribution in [0.2, 0.25) is 0 Å². The van der Waals surface area contributed by atoms with Gasteiger partial charge in [-0.2, -0.15) is 5.10 Å². The van der Waals surface area contributed by atoms with E-state index in [0.717, 1.165) is 5.56 Å². The Morgan fingerprint density at radius 1 is 1.67 bits per heavy atom. The Morgan fingerprint density at radius 2 is 2.39 bits per heavy atom. The number of hydrogen-bond acceptors (Lipinski definition) is 5. The van der Waals surface area contributed by atoms with E-state index in [1.807, 2.05) is 20.3 Å². The highest BCUT2D eigenvalue weighted by molar-refractivity contribution is 7.91. The minimum absolute atomic E-state index is 0.0250. The molecular weight excluding hydrogens is 252 g/mol. The zero-order valence-corrected chi connectivity index (χ0v) is 11.6. The van der Waals surface area contributed by atoms with E-state index in [0.29, 0.717) is 13.0 Å². The summed E-state index contributed by atoms with van der Waals surface area (Å²) in [5.74, 6) is 0.520. The van der Waals surface area contributed by atoms with E-state index < -0.39 is 9.84 Å². The van der Waals surface area contributed by atoms with Gasteiger partial charge in [0.15, 0.2) is 9.84 Å². The van der Waals surface area contributed by atoms with Gasteiger partial charge in [-0.1, -0.05) is 0 Å². The summed E-state index contributed by atoms with van der Waals surface area (Å²) in [6.45, 7) is 0.457. The molecule has 0 amide bonds. The first kappa shape index (κ1) is 13.5. The van der Waals surface area contributed by atoms with Crippen LogP contribution in [-0.4, -0.2) is 54.2 Å². The van der Waals surface area contributed by atoms with Crippen molar-refractivity contribution in [1.29, 1.82) is 0 Å². The zero-order valence-electron chi connectivity index (χ0n) is 10.8. The molecule has 6 nitrogen and oxygen atoms in total. The molecule has 0 bridgehead atoms. The van der Waals surface area contributed by atoms with Crippen LogP contribution in [0.25, 0.3) is 0 Å². The lowest BCUT2D eigenvalue weighted by Crippen LogP contribution is -2.39. The summed E-state index contributed by atoms with van der Waals surface area (Å²) in [6, 6.07) is 0.0840. The van der Waals surface area contributed by atoms with E-state index in [2.05, 4.69) is 10.00 Å². The molecule has 18 heavy (non-hydrogen) atoms. The van der Waals surface area contributed by atoms with Crippen LogP contribution in [0.4, 0.5) is 0 Å². The molecule has 2 unspecified atom stereocenters. The quantitative estimate of drug-likeness (QED) is 0.802. The Hall–Kier alpha value is -0.920. The normalized spacial score (nSPS) is 24.6. The molecular formula is C11H20N4O2S. The summed E-state index contributed by atoms with van der Waals surface area (Å²) in [5, 5.41) is 4.14. The van der Waals surface area contributed by atoms with E-state index in [1.54, 1.807) is 10.9 Å². The first-order valence-electron chi connectivity index (χ1n) is 6.04. The lowest BCUT2D eigenvalue weighted by atomic mass is 10.1. The smallest absolute Gasteiger partial charge is 0.151 e. The molecule has 2 atom stereocenters. The standard InChI is InChI=1S/C11H20N4O2S/c1-14-7-9(6-13-14)11(5-12)15(2)10-3-4-18(16,17)8-10/h6-7,10-11H,3-5,8,12H2,1-2H3. The number of likely N-dealkylation sites (N-methyl/N-ethyl adjacent to an activating group) is 1. The summed E-state index contributed by atoms with van der Waals surface area (Å²) < 4.78 is 24.8. The molecule has 1 saturated heterocycles. The van der Waals surface area contributed by atoms with Crippen molar-refractivity contribution >= 4 is 9.84 Å². The van der Waals surface area contributed by atoms with Gasteiger partial charge in [0.25, 0.3) is 0 Å². The summed E-state index contributed by atoms with van der Waals surface area (Å²) in [7, 11) is 0.936. The Bertz CT molecular complexity index is 511. The van der Waals surface area contributed by atoms with Gasteiger partial charge in [-0.3, -0.25) is 9.58 Å². The van der Waals surface area contributed by atoms with Crippen molar-refractivity contribution in [2.75, 3.05) is 25.1 Å². The highest BCUT2D eigenvalue weighted by atomic mass is 32.2. The average Bonchev–Trinajstić information content (AvgIpc) is 2.86. The molecule has 1 aromatic heterocycles.